The summed E-state index contributed by atoms with van der Waals surface area (Å²) in [6, 6.07) is 12.0. The summed E-state index contributed by atoms with van der Waals surface area (Å²) in [4.78, 5) is 21.6. The maximum Gasteiger partial charge on any atom is 0.258 e. The van der Waals surface area contributed by atoms with Gasteiger partial charge in [-0.15, -0.1) is 0 Å². The molecule has 0 saturated heterocycles. The molecule has 3 aromatic rings. The third-order valence-corrected chi connectivity index (χ3v) is 4.52. The van der Waals surface area contributed by atoms with Crippen molar-refractivity contribution in [1.82, 2.24) is 14.9 Å². The van der Waals surface area contributed by atoms with Crippen LogP contribution in [-0.4, -0.2) is 20.9 Å². The first kappa shape index (κ1) is 17.6. The summed E-state index contributed by atoms with van der Waals surface area (Å²) in [6.07, 6.45) is 0. The summed E-state index contributed by atoms with van der Waals surface area (Å²) in [5, 5.41) is 0.949. The molecule has 0 bridgehead atoms. The van der Waals surface area contributed by atoms with Gasteiger partial charge in [-0.05, 0) is 38.1 Å². The number of nitrogens with one attached hydrogen (secondary N) is 1. The van der Waals surface area contributed by atoms with Gasteiger partial charge in [0, 0.05) is 23.2 Å². The summed E-state index contributed by atoms with van der Waals surface area (Å²) >= 11 is 6.14. The van der Waals surface area contributed by atoms with Crippen LogP contribution < -0.4 is 5.56 Å². The molecule has 0 amide bonds. The number of H-pyrrole nitrogens is 1. The smallest absolute Gasteiger partial charge is 0.258 e. The van der Waals surface area contributed by atoms with Gasteiger partial charge in [0.15, 0.2) is 0 Å². The fraction of sp³-hybridized carbons (Fsp3) is 0.263. The van der Waals surface area contributed by atoms with Crippen LogP contribution in [0.3, 0.4) is 0 Å². The third kappa shape index (κ3) is 3.89. The minimum Gasteiger partial charge on any atom is -0.309 e. The summed E-state index contributed by atoms with van der Waals surface area (Å²) < 4.78 is 14.1. The molecule has 0 aliphatic carbocycles. The molecule has 4 nitrogen and oxygen atoms in total. The largest absolute Gasteiger partial charge is 0.309 e. The van der Waals surface area contributed by atoms with Crippen LogP contribution in [0, 0.1) is 5.82 Å². The highest BCUT2D eigenvalue weighted by atomic mass is 35.5. The summed E-state index contributed by atoms with van der Waals surface area (Å²) in [6.45, 7) is 4.74. The van der Waals surface area contributed by atoms with Gasteiger partial charge in [0.2, 0.25) is 0 Å². The summed E-state index contributed by atoms with van der Waals surface area (Å²) in [5.41, 5.74) is 0.920. The first-order valence-corrected chi connectivity index (χ1v) is 8.48. The number of hydrogen-bond donors (Lipinski definition) is 1. The van der Waals surface area contributed by atoms with E-state index in [2.05, 4.69) is 9.97 Å². The van der Waals surface area contributed by atoms with Crippen molar-refractivity contribution < 1.29 is 4.39 Å². The van der Waals surface area contributed by atoms with Crippen molar-refractivity contribution in [2.75, 3.05) is 0 Å². The van der Waals surface area contributed by atoms with Crippen LogP contribution in [-0.2, 0) is 13.1 Å². The van der Waals surface area contributed by atoms with Gasteiger partial charge in [0.1, 0.15) is 11.6 Å². The molecule has 0 fully saturated rings. The van der Waals surface area contributed by atoms with E-state index in [0.717, 1.165) is 0 Å². The molecule has 2 aromatic carbocycles. The molecule has 0 radical (unpaired) electrons. The van der Waals surface area contributed by atoms with Gasteiger partial charge >= 0.3 is 0 Å². The van der Waals surface area contributed by atoms with Crippen LogP contribution in [0.4, 0.5) is 4.39 Å². The highest BCUT2D eigenvalue weighted by molar-refractivity contribution is 6.31. The van der Waals surface area contributed by atoms with E-state index in [1.165, 1.54) is 6.07 Å². The number of fused-ring (bicyclic) bond motifs is 1. The fourth-order valence-corrected chi connectivity index (χ4v) is 2.93. The van der Waals surface area contributed by atoms with Crippen molar-refractivity contribution in [1.29, 1.82) is 0 Å². The van der Waals surface area contributed by atoms with Crippen LogP contribution in [0.25, 0.3) is 10.9 Å². The molecule has 25 heavy (non-hydrogen) atoms. The Bertz CT molecular complexity index is 935. The van der Waals surface area contributed by atoms with Crippen LogP contribution in [0.2, 0.25) is 5.02 Å². The van der Waals surface area contributed by atoms with E-state index in [1.807, 2.05) is 30.9 Å². The second-order valence-corrected chi connectivity index (χ2v) is 6.64. The molecular weight excluding hydrogens is 341 g/mol. The predicted molar refractivity (Wildman–Crippen MR) is 98.2 cm³/mol. The zero-order chi connectivity index (χ0) is 18.0. The number of hydrogen-bond acceptors (Lipinski definition) is 3. The minimum absolute atomic E-state index is 0.118. The lowest BCUT2D eigenvalue weighted by molar-refractivity contribution is 0.196. The Balaban J connectivity index is 1.91. The Kier molecular flexibility index (Phi) is 5.16. The van der Waals surface area contributed by atoms with Crippen LogP contribution in [0.1, 0.15) is 25.2 Å². The van der Waals surface area contributed by atoms with Gasteiger partial charge in [-0.3, -0.25) is 9.69 Å². The predicted octanol–water partition coefficient (Wildman–Crippen LogP) is 4.13. The topological polar surface area (TPSA) is 49.0 Å². The average Bonchev–Trinajstić information content (AvgIpc) is 2.57. The Morgan fingerprint density at radius 2 is 1.92 bits per heavy atom. The Morgan fingerprint density at radius 1 is 1.16 bits per heavy atom. The lowest BCUT2D eigenvalue weighted by Crippen LogP contribution is -2.32. The van der Waals surface area contributed by atoms with E-state index < -0.39 is 0 Å². The molecule has 1 N–H and O–H groups in total. The molecule has 0 unspecified atom stereocenters. The first-order valence-electron chi connectivity index (χ1n) is 8.10. The maximum atomic E-state index is 14.1. The van der Waals surface area contributed by atoms with Crippen LogP contribution in [0.5, 0.6) is 0 Å². The van der Waals surface area contributed by atoms with E-state index in [1.54, 1.807) is 24.3 Å². The van der Waals surface area contributed by atoms with Gasteiger partial charge in [0.25, 0.3) is 5.56 Å². The van der Waals surface area contributed by atoms with Crippen molar-refractivity contribution in [2.45, 2.75) is 33.0 Å². The molecule has 130 valence electrons. The van der Waals surface area contributed by atoms with E-state index >= 15 is 0 Å². The highest BCUT2D eigenvalue weighted by Crippen LogP contribution is 2.22. The molecule has 1 aromatic heterocycles. The van der Waals surface area contributed by atoms with Gasteiger partial charge in [-0.2, -0.15) is 0 Å². The molecule has 0 atom stereocenters. The number of aromatic nitrogens is 2. The molecule has 0 aliphatic rings. The summed E-state index contributed by atoms with van der Waals surface area (Å²) in [7, 11) is 0. The number of aromatic amines is 1. The van der Waals surface area contributed by atoms with E-state index in [-0.39, 0.29) is 17.4 Å². The van der Waals surface area contributed by atoms with Crippen LogP contribution >= 0.6 is 11.6 Å². The third-order valence-electron chi connectivity index (χ3n) is 4.17. The molecular formula is C19H19ClFN3O. The van der Waals surface area contributed by atoms with Crippen molar-refractivity contribution in [3.05, 3.63) is 75.0 Å². The first-order chi connectivity index (χ1) is 12.0. The minimum atomic E-state index is -0.335. The zero-order valence-corrected chi connectivity index (χ0v) is 14.8. The molecule has 1 heterocycles. The van der Waals surface area contributed by atoms with Crippen molar-refractivity contribution in [2.24, 2.45) is 0 Å². The molecule has 0 spiro atoms. The second-order valence-electron chi connectivity index (χ2n) is 6.23. The zero-order valence-electron chi connectivity index (χ0n) is 14.1. The number of benzene rings is 2. The highest BCUT2D eigenvalue weighted by Gasteiger charge is 2.17. The van der Waals surface area contributed by atoms with Gasteiger partial charge in [0.05, 0.1) is 17.4 Å². The number of halogens is 2. The van der Waals surface area contributed by atoms with Crippen molar-refractivity contribution in [3.63, 3.8) is 0 Å². The van der Waals surface area contributed by atoms with E-state index in [9.17, 15) is 9.18 Å². The standard InChI is InChI=1S/C19H19ClFN3O/c1-12(2)24(10-14-15(20)7-5-8-16(14)21)11-18-22-17-9-4-3-6-13(17)19(25)23-18/h3-9,12H,10-11H2,1-2H3,(H,22,23,25). The fourth-order valence-electron chi connectivity index (χ4n) is 2.71. The average molecular weight is 360 g/mol. The van der Waals surface area contributed by atoms with Crippen LogP contribution in [0.15, 0.2) is 47.3 Å². The van der Waals surface area contributed by atoms with Gasteiger partial charge < -0.3 is 4.98 Å². The van der Waals surface area contributed by atoms with E-state index in [4.69, 9.17) is 11.6 Å². The maximum absolute atomic E-state index is 14.1. The van der Waals surface area contributed by atoms with Gasteiger partial charge in [-0.1, -0.05) is 29.8 Å². The van der Waals surface area contributed by atoms with Gasteiger partial charge in [-0.25, -0.2) is 9.37 Å². The Labute approximate surface area is 150 Å². The number of nitrogens with zero attached hydrogens (tertiary/aromatic N) is 2. The molecule has 6 heteroatoms. The lowest BCUT2D eigenvalue weighted by Gasteiger charge is -2.26. The molecule has 0 saturated carbocycles. The lowest BCUT2D eigenvalue weighted by atomic mass is 10.1. The van der Waals surface area contributed by atoms with E-state index in [0.29, 0.717) is 40.4 Å². The number of para-hydroxylation sites is 1. The normalized spacial score (nSPS) is 11.6. The SMILES string of the molecule is CC(C)N(Cc1nc2ccccc2c(=O)[nH]1)Cc1c(F)cccc1Cl. The Hall–Kier alpha value is -2.24. The molecule has 3 rings (SSSR count). The van der Waals surface area contributed by atoms with Crippen molar-refractivity contribution in [3.8, 4) is 0 Å². The number of rotatable bonds is 5. The Morgan fingerprint density at radius 3 is 2.64 bits per heavy atom. The summed E-state index contributed by atoms with van der Waals surface area (Å²) in [5.74, 6) is 0.211. The van der Waals surface area contributed by atoms with Crippen molar-refractivity contribution >= 4 is 22.5 Å². The second kappa shape index (κ2) is 7.33. The molecule has 0 aliphatic heterocycles. The monoisotopic (exact) mass is 359 g/mol. The quantitative estimate of drug-likeness (QED) is 0.745.